The Morgan fingerprint density at radius 2 is 2.29 bits per heavy atom. The smallest absolute Gasteiger partial charge is 0.338 e. The lowest BCUT2D eigenvalue weighted by molar-refractivity contribution is 0.0524. The third-order valence-corrected chi connectivity index (χ3v) is 2.78. The molecular formula is C10H9ClF2INO2. The fraction of sp³-hybridized carbons (Fsp3) is 0.400. The molecule has 0 saturated heterocycles. The average molecular weight is 376 g/mol. The fourth-order valence-corrected chi connectivity index (χ4v) is 2.12. The lowest BCUT2D eigenvalue weighted by atomic mass is 10.1. The van der Waals surface area contributed by atoms with Gasteiger partial charge in [0.25, 0.3) is 6.43 Å². The lowest BCUT2D eigenvalue weighted by Gasteiger charge is -2.11. The molecule has 0 spiro atoms. The van der Waals surface area contributed by atoms with E-state index in [4.69, 9.17) is 16.3 Å². The van der Waals surface area contributed by atoms with Gasteiger partial charge in [-0.25, -0.2) is 18.6 Å². The van der Waals surface area contributed by atoms with E-state index in [0.717, 1.165) is 0 Å². The van der Waals surface area contributed by atoms with Crippen molar-refractivity contribution in [3.8, 4) is 0 Å². The fourth-order valence-electron chi connectivity index (χ4n) is 1.27. The first kappa shape index (κ1) is 14.6. The second-order valence-electron chi connectivity index (χ2n) is 3.01. The van der Waals surface area contributed by atoms with Crippen LogP contribution in [0.5, 0.6) is 0 Å². The first-order valence-corrected chi connectivity index (χ1v) is 6.33. The number of hydrogen-bond acceptors (Lipinski definition) is 3. The van der Waals surface area contributed by atoms with Crippen LogP contribution in [-0.2, 0) is 10.6 Å². The molecule has 0 saturated carbocycles. The molecule has 0 fully saturated rings. The van der Waals surface area contributed by atoms with Crippen LogP contribution in [0.3, 0.4) is 0 Å². The van der Waals surface area contributed by atoms with Gasteiger partial charge in [0.15, 0.2) is 0 Å². The molecule has 7 heteroatoms. The Hall–Kier alpha value is -0.500. The van der Waals surface area contributed by atoms with E-state index in [2.05, 4.69) is 4.98 Å². The molecule has 1 aromatic heterocycles. The van der Waals surface area contributed by atoms with Crippen molar-refractivity contribution in [2.75, 3.05) is 6.61 Å². The predicted octanol–water partition coefficient (Wildman–Crippen LogP) is 3.54. The summed E-state index contributed by atoms with van der Waals surface area (Å²) in [4.78, 5) is 15.3. The van der Waals surface area contributed by atoms with Gasteiger partial charge in [-0.05, 0) is 35.6 Å². The zero-order valence-corrected chi connectivity index (χ0v) is 11.8. The highest BCUT2D eigenvalue weighted by atomic mass is 127. The molecule has 0 atom stereocenters. The first-order valence-electron chi connectivity index (χ1n) is 4.71. The Balaban J connectivity index is 3.32. The van der Waals surface area contributed by atoms with Gasteiger partial charge in [0, 0.05) is 5.56 Å². The minimum absolute atomic E-state index is 0.0283. The number of ether oxygens (including phenoxy) is 1. The van der Waals surface area contributed by atoms with E-state index in [-0.39, 0.29) is 23.6 Å². The Kier molecular flexibility index (Phi) is 5.51. The third kappa shape index (κ3) is 3.48. The van der Waals surface area contributed by atoms with Crippen LogP contribution in [0.15, 0.2) is 6.07 Å². The van der Waals surface area contributed by atoms with Crippen molar-refractivity contribution in [2.45, 2.75) is 19.2 Å². The van der Waals surface area contributed by atoms with E-state index in [1.807, 2.05) is 0 Å². The number of halogens is 4. The number of pyridine rings is 1. The van der Waals surface area contributed by atoms with Crippen LogP contribution < -0.4 is 0 Å². The van der Waals surface area contributed by atoms with Crippen LogP contribution in [0.25, 0.3) is 0 Å². The van der Waals surface area contributed by atoms with Crippen LogP contribution in [0, 0.1) is 3.70 Å². The molecule has 0 aliphatic heterocycles. The highest BCUT2D eigenvalue weighted by Gasteiger charge is 2.22. The zero-order valence-electron chi connectivity index (χ0n) is 8.84. The standard InChI is InChI=1S/C10H9ClF2INO2/c1-2-17-10(16)5-3-7(14)15-8(9(12)13)6(5)4-11/h3,9H,2,4H2,1H3. The summed E-state index contributed by atoms with van der Waals surface area (Å²) in [6, 6.07) is 1.39. The number of esters is 1. The van der Waals surface area contributed by atoms with Gasteiger partial charge in [0.2, 0.25) is 0 Å². The number of rotatable bonds is 4. The minimum Gasteiger partial charge on any atom is -0.462 e. The van der Waals surface area contributed by atoms with E-state index in [1.165, 1.54) is 6.07 Å². The van der Waals surface area contributed by atoms with Crippen molar-refractivity contribution in [1.82, 2.24) is 4.98 Å². The average Bonchev–Trinajstić information content (AvgIpc) is 2.28. The number of carbonyl (C=O) groups excluding carboxylic acids is 1. The monoisotopic (exact) mass is 375 g/mol. The van der Waals surface area contributed by atoms with Gasteiger partial charge in [-0.3, -0.25) is 0 Å². The van der Waals surface area contributed by atoms with Gasteiger partial charge >= 0.3 is 5.97 Å². The first-order chi connectivity index (χ1) is 8.01. The SMILES string of the molecule is CCOC(=O)c1cc(I)nc(C(F)F)c1CCl. The lowest BCUT2D eigenvalue weighted by Crippen LogP contribution is -2.12. The van der Waals surface area contributed by atoms with E-state index >= 15 is 0 Å². The van der Waals surface area contributed by atoms with Crippen molar-refractivity contribution in [2.24, 2.45) is 0 Å². The van der Waals surface area contributed by atoms with Gasteiger partial charge in [-0.1, -0.05) is 0 Å². The summed E-state index contributed by atoms with van der Waals surface area (Å²) < 4.78 is 30.6. The summed E-state index contributed by atoms with van der Waals surface area (Å²) in [5.74, 6) is -0.872. The molecule has 0 unspecified atom stereocenters. The molecule has 3 nitrogen and oxygen atoms in total. The Morgan fingerprint density at radius 3 is 2.76 bits per heavy atom. The Labute approximate surface area is 116 Å². The van der Waals surface area contributed by atoms with Gasteiger partial charge in [0.05, 0.1) is 18.1 Å². The number of carbonyl (C=O) groups is 1. The molecule has 0 aliphatic rings. The molecule has 0 amide bonds. The highest BCUT2D eigenvalue weighted by molar-refractivity contribution is 14.1. The molecule has 1 rings (SSSR count). The molecular weight excluding hydrogens is 366 g/mol. The van der Waals surface area contributed by atoms with Crippen LogP contribution >= 0.6 is 34.2 Å². The molecule has 94 valence electrons. The van der Waals surface area contributed by atoms with Gasteiger partial charge in [-0.2, -0.15) is 0 Å². The minimum atomic E-state index is -2.77. The molecule has 0 aliphatic carbocycles. The number of hydrogen-bond donors (Lipinski definition) is 0. The van der Waals surface area contributed by atoms with E-state index in [0.29, 0.717) is 3.70 Å². The predicted molar refractivity (Wildman–Crippen MR) is 67.4 cm³/mol. The van der Waals surface area contributed by atoms with Crippen molar-refractivity contribution in [3.63, 3.8) is 0 Å². The van der Waals surface area contributed by atoms with Crippen molar-refractivity contribution in [3.05, 3.63) is 26.6 Å². The molecule has 0 N–H and O–H groups in total. The highest BCUT2D eigenvalue weighted by Crippen LogP contribution is 2.27. The largest absolute Gasteiger partial charge is 0.462 e. The van der Waals surface area contributed by atoms with E-state index < -0.39 is 18.1 Å². The van der Waals surface area contributed by atoms with Crippen molar-refractivity contribution >= 4 is 40.2 Å². The van der Waals surface area contributed by atoms with Crippen molar-refractivity contribution < 1.29 is 18.3 Å². The molecule has 0 bridgehead atoms. The topological polar surface area (TPSA) is 39.2 Å². The summed E-state index contributed by atoms with van der Waals surface area (Å²) in [5, 5.41) is 0. The molecule has 0 aromatic carbocycles. The van der Waals surface area contributed by atoms with Gasteiger partial charge < -0.3 is 4.74 Å². The van der Waals surface area contributed by atoms with Crippen LogP contribution in [0.4, 0.5) is 8.78 Å². The summed E-state index contributed by atoms with van der Waals surface area (Å²) in [5.41, 5.74) is -0.382. The summed E-state index contributed by atoms with van der Waals surface area (Å²) in [6.07, 6.45) is -2.77. The van der Waals surface area contributed by atoms with E-state index in [9.17, 15) is 13.6 Å². The van der Waals surface area contributed by atoms with Crippen molar-refractivity contribution in [1.29, 1.82) is 0 Å². The Bertz CT molecular complexity index is 429. The number of aromatic nitrogens is 1. The second-order valence-corrected chi connectivity index (χ2v) is 4.38. The molecule has 0 radical (unpaired) electrons. The van der Waals surface area contributed by atoms with E-state index in [1.54, 1.807) is 29.5 Å². The maximum Gasteiger partial charge on any atom is 0.338 e. The third-order valence-electron chi connectivity index (χ3n) is 1.96. The van der Waals surface area contributed by atoms with Crippen LogP contribution in [0.2, 0.25) is 0 Å². The maximum absolute atomic E-state index is 12.7. The van der Waals surface area contributed by atoms with Crippen LogP contribution in [0.1, 0.15) is 35.0 Å². The Morgan fingerprint density at radius 1 is 1.65 bits per heavy atom. The van der Waals surface area contributed by atoms with Gasteiger partial charge in [-0.15, -0.1) is 11.6 Å². The quantitative estimate of drug-likeness (QED) is 0.350. The second kappa shape index (κ2) is 6.44. The maximum atomic E-state index is 12.7. The molecule has 1 aromatic rings. The summed E-state index contributed by atoms with van der Waals surface area (Å²) in [7, 11) is 0. The van der Waals surface area contributed by atoms with Gasteiger partial charge in [0.1, 0.15) is 9.39 Å². The normalized spacial score (nSPS) is 10.7. The molecule has 1 heterocycles. The number of alkyl halides is 3. The zero-order chi connectivity index (χ0) is 13.0. The van der Waals surface area contributed by atoms with Crippen LogP contribution in [-0.4, -0.2) is 17.6 Å². The summed E-state index contributed by atoms with van der Waals surface area (Å²) in [6.45, 7) is 1.81. The number of nitrogens with zero attached hydrogens (tertiary/aromatic N) is 1. The summed E-state index contributed by atoms with van der Waals surface area (Å²) >= 11 is 7.36. The molecule has 17 heavy (non-hydrogen) atoms.